The van der Waals surface area contributed by atoms with Crippen LogP contribution in [0.25, 0.3) is 0 Å². The third kappa shape index (κ3) is 24.4. The van der Waals surface area contributed by atoms with Gasteiger partial charge in [0, 0.05) is 42.2 Å². The summed E-state index contributed by atoms with van der Waals surface area (Å²) in [6.45, 7) is 35.0. The number of esters is 3. The minimum absolute atomic E-state index is 0. The second-order valence-corrected chi connectivity index (χ2v) is 26.7. The summed E-state index contributed by atoms with van der Waals surface area (Å²) in [6.07, 6.45) is 15.1. The lowest BCUT2D eigenvalue weighted by Gasteiger charge is -2.26. The van der Waals surface area contributed by atoms with Gasteiger partial charge in [-0.15, -0.1) is 12.4 Å². The van der Waals surface area contributed by atoms with Crippen LogP contribution in [0, 0.1) is 103 Å². The van der Waals surface area contributed by atoms with Crippen molar-refractivity contribution in [3.63, 3.8) is 0 Å². The molecule has 0 radical (unpaired) electrons. The largest absolute Gasteiger partial charge is 0.481 e. The van der Waals surface area contributed by atoms with Crippen molar-refractivity contribution >= 4 is 48.0 Å². The van der Waals surface area contributed by atoms with E-state index in [1.165, 1.54) is 18.4 Å². The number of hydrogen-bond acceptors (Lipinski definition) is 13. The molecule has 17 heteroatoms. The summed E-state index contributed by atoms with van der Waals surface area (Å²) >= 11 is 0. The van der Waals surface area contributed by atoms with E-state index < -0.39 is 11.4 Å². The number of ketones is 1. The maximum absolute atomic E-state index is 11.6. The van der Waals surface area contributed by atoms with Crippen molar-refractivity contribution in [2.45, 2.75) is 207 Å². The van der Waals surface area contributed by atoms with Crippen molar-refractivity contribution < 1.29 is 53.0 Å². The van der Waals surface area contributed by atoms with Crippen LogP contribution in [0.2, 0.25) is 0 Å². The molecular formula is C62H111ClN4O12. The predicted octanol–water partition coefficient (Wildman–Crippen LogP) is 11.8. The monoisotopic (exact) mass is 1140 g/mol. The van der Waals surface area contributed by atoms with E-state index in [0.29, 0.717) is 110 Å². The first-order chi connectivity index (χ1) is 36.3. The number of nitro groups is 1. The summed E-state index contributed by atoms with van der Waals surface area (Å²) in [4.78, 5) is 77.1. The van der Waals surface area contributed by atoms with E-state index in [0.717, 1.165) is 89.0 Å². The molecule has 7 fully saturated rings. The summed E-state index contributed by atoms with van der Waals surface area (Å²) in [7, 11) is 0. The molecule has 1 heterocycles. The van der Waals surface area contributed by atoms with Crippen LogP contribution in [-0.2, 0) is 43.0 Å². The van der Waals surface area contributed by atoms with E-state index in [1.807, 2.05) is 13.8 Å². The average Bonchev–Trinajstić information content (AvgIpc) is 4.18. The van der Waals surface area contributed by atoms with Crippen LogP contribution < -0.4 is 16.8 Å². The molecule has 7 rings (SSSR count). The number of Topliss-reactive ketones (excluding diaryl/α,β-unsaturated/α-hetero) is 1. The quantitative estimate of drug-likeness (QED) is 0.0415. The van der Waals surface area contributed by atoms with Gasteiger partial charge < -0.3 is 36.1 Å². The van der Waals surface area contributed by atoms with Gasteiger partial charge in [-0.1, -0.05) is 88.7 Å². The molecule has 0 aromatic rings. The Bertz CT molecular complexity index is 1920. The summed E-state index contributed by atoms with van der Waals surface area (Å²) in [5, 5.41) is 22.5. The molecule has 0 aromatic carbocycles. The molecule has 1 saturated heterocycles. The van der Waals surface area contributed by atoms with E-state index in [1.54, 1.807) is 13.0 Å². The molecular weight excluding hydrogens is 1030 g/mol. The number of nitrogens with zero attached hydrogens (tertiary/aromatic N) is 1. The Balaban J connectivity index is 0.000000478. The Labute approximate surface area is 482 Å². The average molecular weight is 1140 g/mol. The van der Waals surface area contributed by atoms with Gasteiger partial charge >= 0.3 is 23.9 Å². The van der Waals surface area contributed by atoms with Crippen LogP contribution >= 0.6 is 12.4 Å². The SMILES string of the molecule is CCOC(=O)C=C1C[C@@H](C)[C@H](C)C1.CCOC(=O)CC1(CN)C[C@@H](C)[C@H](C)C1.CCOC(=O)CC1(C[N+](=O)[O-])C[C@@H](C)[C@H](C)C1.C[C@@H]1CC(=O)C[C@H]1C.C[C@@H]1CC(CN)(CC(=O)O)C[C@H]1C.C[C@@H]1CC2(CNC(=O)C2)C[C@H]1C.Cl. The van der Waals surface area contributed by atoms with Gasteiger partial charge in [-0.05, 0) is 185 Å². The Morgan fingerprint density at radius 2 is 0.911 bits per heavy atom. The van der Waals surface area contributed by atoms with Crippen molar-refractivity contribution in [3.8, 4) is 0 Å². The lowest BCUT2D eigenvalue weighted by molar-refractivity contribution is -0.497. The fraction of sp³-hybridized carbons (Fsp3) is 0.871. The molecule has 1 spiro atoms. The van der Waals surface area contributed by atoms with Gasteiger partial charge in [0.1, 0.15) is 5.78 Å². The van der Waals surface area contributed by atoms with Gasteiger partial charge in [-0.3, -0.25) is 34.1 Å². The number of nitrogens with two attached hydrogens (primary N) is 2. The molecule has 6 aliphatic carbocycles. The second kappa shape index (κ2) is 34.1. The van der Waals surface area contributed by atoms with Gasteiger partial charge in [0.15, 0.2) is 0 Å². The van der Waals surface area contributed by atoms with Gasteiger partial charge in [0.05, 0.1) is 39.1 Å². The lowest BCUT2D eigenvalue weighted by Crippen LogP contribution is -2.31. The number of amides is 1. The molecule has 0 aromatic heterocycles. The highest BCUT2D eigenvalue weighted by Crippen LogP contribution is 2.51. The highest BCUT2D eigenvalue weighted by atomic mass is 35.5. The first kappa shape index (κ1) is 73.4. The molecule has 7 aliphatic rings. The van der Waals surface area contributed by atoms with E-state index in [9.17, 15) is 38.9 Å². The molecule has 6 saturated carbocycles. The lowest BCUT2D eigenvalue weighted by atomic mass is 9.81. The Morgan fingerprint density at radius 3 is 1.22 bits per heavy atom. The van der Waals surface area contributed by atoms with E-state index in [-0.39, 0.29) is 71.4 Å². The summed E-state index contributed by atoms with van der Waals surface area (Å²) in [6, 6.07) is 0. The van der Waals surface area contributed by atoms with Gasteiger partial charge in [-0.25, -0.2) is 4.79 Å². The number of carboxylic acids is 1. The molecule has 0 bridgehead atoms. The zero-order valence-corrected chi connectivity index (χ0v) is 52.5. The molecule has 0 unspecified atom stereocenters. The molecule has 6 N–H and O–H groups in total. The normalized spacial score (nSPS) is 30.9. The van der Waals surface area contributed by atoms with Crippen LogP contribution in [0.15, 0.2) is 11.6 Å². The van der Waals surface area contributed by atoms with E-state index in [2.05, 4.69) is 88.4 Å². The summed E-state index contributed by atoms with van der Waals surface area (Å²) in [5.41, 5.74) is 12.5. The smallest absolute Gasteiger partial charge is 0.330 e. The molecule has 12 atom stereocenters. The second-order valence-electron chi connectivity index (χ2n) is 26.7. The van der Waals surface area contributed by atoms with Crippen LogP contribution in [0.3, 0.4) is 0 Å². The molecule has 1 amide bonds. The van der Waals surface area contributed by atoms with Crippen LogP contribution in [-0.4, -0.2) is 91.6 Å². The van der Waals surface area contributed by atoms with Crippen molar-refractivity contribution in [3.05, 3.63) is 21.8 Å². The molecule has 458 valence electrons. The Hall–Kier alpha value is -3.63. The highest BCUT2D eigenvalue weighted by Gasteiger charge is 2.48. The maximum Gasteiger partial charge on any atom is 0.330 e. The molecule has 16 nitrogen and oxygen atoms in total. The zero-order chi connectivity index (χ0) is 59.3. The number of halogens is 1. The first-order valence-electron chi connectivity index (χ1n) is 30.0. The number of ether oxygens (including phenoxy) is 3. The minimum Gasteiger partial charge on any atom is -0.481 e. The van der Waals surface area contributed by atoms with E-state index >= 15 is 0 Å². The van der Waals surface area contributed by atoms with Crippen LogP contribution in [0.5, 0.6) is 0 Å². The Kier molecular flexibility index (Phi) is 31.7. The first-order valence-corrected chi connectivity index (χ1v) is 30.0. The number of nitrogens with one attached hydrogen (secondary N) is 1. The number of carbonyl (C=O) groups is 6. The number of hydrogen-bond donors (Lipinski definition) is 4. The van der Waals surface area contributed by atoms with Crippen molar-refractivity contribution in [1.82, 2.24) is 5.32 Å². The van der Waals surface area contributed by atoms with Crippen LogP contribution in [0.4, 0.5) is 0 Å². The van der Waals surface area contributed by atoms with Crippen molar-refractivity contribution in [1.29, 1.82) is 0 Å². The number of rotatable bonds is 14. The Morgan fingerprint density at radius 1 is 0.570 bits per heavy atom. The third-order valence-electron chi connectivity index (χ3n) is 19.4. The topological polar surface area (TPSA) is 258 Å². The summed E-state index contributed by atoms with van der Waals surface area (Å²) < 4.78 is 14.8. The van der Waals surface area contributed by atoms with Crippen molar-refractivity contribution in [2.75, 3.05) is 46.0 Å². The van der Waals surface area contributed by atoms with Crippen LogP contribution in [0.1, 0.15) is 207 Å². The van der Waals surface area contributed by atoms with E-state index in [4.69, 9.17) is 30.8 Å². The standard InChI is InChI=1S/C12H21NO4.C12H23NO2.C11H18O2.C10H19NO2.C10H17NO.C7H12O.ClH/c1-4-17-11(14)7-12(8-13(15)16)5-9(2)10(3)6-12;1-4-15-11(14)7-12(8-13)5-9(2)10(3)6-12;1-4-13-11(12)7-10-5-8(2)9(3)6-10;1-7-3-10(6-11,4-8(7)2)5-9(12)13;1-7-3-10(4-8(7)2)5-9(12)11-6-10;1-5-3-7(8)4-6(5)2;/h9-10H,4-8H2,1-3H3;9-10H,4-8,13H2,1-3H3;7-9H,4-6H2,1-3H3;7-8H,3-6,11H2,1-2H3,(H,12,13);7-8H,3-6H2,1-2H3,(H,11,12);5-6H,3-4H2,1-2H3;1H/t2*9-,10-;8-,9-;2*7-,8-;5-,6-;/m111111./s1. The highest BCUT2D eigenvalue weighted by molar-refractivity contribution is 5.85. The van der Waals surface area contributed by atoms with Crippen molar-refractivity contribution in [2.24, 2.45) is 104 Å². The van der Waals surface area contributed by atoms with Gasteiger partial charge in [0.25, 0.3) is 0 Å². The number of aliphatic carboxylic acids is 1. The zero-order valence-electron chi connectivity index (χ0n) is 51.7. The molecule has 79 heavy (non-hydrogen) atoms. The maximum atomic E-state index is 11.6. The predicted molar refractivity (Wildman–Crippen MR) is 314 cm³/mol. The third-order valence-corrected chi connectivity index (χ3v) is 19.4. The number of carbonyl (C=O) groups excluding carboxylic acids is 5. The van der Waals surface area contributed by atoms with Gasteiger partial charge in [0.2, 0.25) is 12.5 Å². The number of allylic oxidation sites excluding steroid dienone is 1. The summed E-state index contributed by atoms with van der Waals surface area (Å²) in [5.74, 6) is 7.15. The van der Waals surface area contributed by atoms with Gasteiger partial charge in [-0.2, -0.15) is 0 Å². The minimum atomic E-state index is -0.716. The molecule has 1 aliphatic heterocycles. The number of carboxylic acid groups (broad SMARTS) is 1. The fourth-order valence-corrected chi connectivity index (χ4v) is 14.2. The fourth-order valence-electron chi connectivity index (χ4n) is 14.2.